The summed E-state index contributed by atoms with van der Waals surface area (Å²) in [7, 11) is 0. The smallest absolute Gasteiger partial charge is 0.298 e. The highest BCUT2D eigenvalue weighted by atomic mass is 35.6. The fourth-order valence-electron chi connectivity index (χ4n) is 2.15. The minimum absolute atomic E-state index is 0.174. The van der Waals surface area contributed by atoms with Crippen LogP contribution in [0.1, 0.15) is 32.6 Å². The molecule has 0 saturated carbocycles. The fraction of sp³-hybridized carbons (Fsp3) is 0.917. The van der Waals surface area contributed by atoms with E-state index in [1.807, 2.05) is 6.92 Å². The van der Waals surface area contributed by atoms with Crippen molar-refractivity contribution in [3.63, 3.8) is 0 Å². The second kappa shape index (κ2) is 8.17. The van der Waals surface area contributed by atoms with Crippen molar-refractivity contribution in [3.8, 4) is 0 Å². The largest absolute Gasteiger partial charge is 0.457 e. The third kappa shape index (κ3) is 5.00. The molecule has 0 aromatic rings. The lowest BCUT2D eigenvalue weighted by molar-refractivity contribution is -0.315. The van der Waals surface area contributed by atoms with Gasteiger partial charge in [0.05, 0.1) is 0 Å². The molecule has 0 aromatic carbocycles. The minimum atomic E-state index is -5.89. The first-order valence-electron chi connectivity index (χ1n) is 7.16. The molecule has 1 atom stereocenters. The lowest BCUT2D eigenvalue weighted by Crippen LogP contribution is -2.64. The van der Waals surface area contributed by atoms with Crippen LogP contribution in [0, 0.1) is 0 Å². The number of rotatable bonds is 7. The lowest BCUT2D eigenvalue weighted by atomic mass is 10.1. The molecule has 1 rings (SSSR count). The molecule has 25 heavy (non-hydrogen) atoms. The van der Waals surface area contributed by atoms with Crippen molar-refractivity contribution < 1.29 is 22.0 Å². The van der Waals surface area contributed by atoms with Crippen molar-refractivity contribution in [1.29, 1.82) is 0 Å². The number of hydrogen-bond donors (Lipinski definition) is 0. The number of unbranched alkanes of at least 4 members (excludes halogenated alkanes) is 3. The van der Waals surface area contributed by atoms with Gasteiger partial charge in [-0.15, -0.1) is 0 Å². The van der Waals surface area contributed by atoms with Gasteiger partial charge in [0.25, 0.3) is 0 Å². The summed E-state index contributed by atoms with van der Waals surface area (Å²) in [6, 6.07) is 0. The Labute approximate surface area is 166 Å². The summed E-state index contributed by atoms with van der Waals surface area (Å²) in [5, 5.41) is 4.12. The minimum Gasteiger partial charge on any atom is -0.298 e. The third-order valence-electron chi connectivity index (χ3n) is 3.48. The average Bonchev–Trinajstić information content (AvgIpc) is 2.86. The van der Waals surface area contributed by atoms with Crippen LogP contribution in [0.25, 0.3) is 0 Å². The van der Waals surface area contributed by atoms with Crippen LogP contribution < -0.4 is 0 Å². The summed E-state index contributed by atoms with van der Waals surface area (Å²) in [6.07, 6.45) is -5.32. The molecule has 1 heterocycles. The third-order valence-corrected chi connectivity index (χ3v) is 5.84. The highest BCUT2D eigenvalue weighted by Gasteiger charge is 2.70. The van der Waals surface area contributed by atoms with Crippen LogP contribution in [0.4, 0.5) is 22.0 Å². The number of alkyl halides is 10. The van der Waals surface area contributed by atoms with Gasteiger partial charge in [-0.3, -0.25) is 9.91 Å². The predicted octanol–water partition coefficient (Wildman–Crippen LogP) is 6.15. The Morgan fingerprint density at radius 1 is 0.960 bits per heavy atom. The van der Waals surface area contributed by atoms with Gasteiger partial charge in [-0.1, -0.05) is 84.2 Å². The van der Waals surface area contributed by atoms with Gasteiger partial charge in [0, 0.05) is 6.54 Å². The van der Waals surface area contributed by atoms with E-state index in [-0.39, 0.29) is 11.4 Å². The Morgan fingerprint density at radius 2 is 1.52 bits per heavy atom. The molecule has 0 saturated heterocycles. The summed E-state index contributed by atoms with van der Waals surface area (Å²) in [5.74, 6) is -5.24. The van der Waals surface area contributed by atoms with Gasteiger partial charge in [-0.2, -0.15) is 27.1 Å². The highest BCUT2D eigenvalue weighted by Crippen LogP contribution is 2.52. The Morgan fingerprint density at radius 3 is 1.96 bits per heavy atom. The van der Waals surface area contributed by atoms with Crippen molar-refractivity contribution in [2.24, 2.45) is 5.10 Å². The van der Waals surface area contributed by atoms with Crippen LogP contribution in [0.3, 0.4) is 0 Å². The number of hydrogen-bond acceptors (Lipinski definition) is 3. The van der Waals surface area contributed by atoms with Gasteiger partial charge < -0.3 is 0 Å². The molecule has 0 radical (unpaired) electrons. The van der Waals surface area contributed by atoms with E-state index in [1.165, 1.54) is 0 Å². The van der Waals surface area contributed by atoms with Crippen molar-refractivity contribution in [3.05, 3.63) is 0 Å². The molecule has 0 aromatic heterocycles. The van der Waals surface area contributed by atoms with E-state index in [4.69, 9.17) is 58.0 Å². The van der Waals surface area contributed by atoms with E-state index < -0.39 is 26.5 Å². The summed E-state index contributed by atoms with van der Waals surface area (Å²) in [4.78, 5) is 0.205. The van der Waals surface area contributed by atoms with Crippen LogP contribution >= 0.6 is 58.0 Å². The molecule has 0 fully saturated rings. The van der Waals surface area contributed by atoms with Crippen LogP contribution in [-0.4, -0.2) is 49.3 Å². The number of hydrazone groups is 1. The Kier molecular flexibility index (Phi) is 7.65. The van der Waals surface area contributed by atoms with Crippen LogP contribution in [0.2, 0.25) is 0 Å². The maximum atomic E-state index is 14.1. The zero-order valence-electron chi connectivity index (χ0n) is 12.8. The Hall–Kier alpha value is 0.370. The normalized spacial score (nSPS) is 19.9. The van der Waals surface area contributed by atoms with Gasteiger partial charge in [-0.05, 0) is 6.42 Å². The van der Waals surface area contributed by atoms with Gasteiger partial charge in [0.1, 0.15) is 6.34 Å². The van der Waals surface area contributed by atoms with Gasteiger partial charge in [-0.25, -0.2) is 0 Å². The average molecular weight is 474 g/mol. The van der Waals surface area contributed by atoms with E-state index in [0.29, 0.717) is 24.2 Å². The number of nitrogens with zero attached hydrogens (tertiary/aromatic N) is 3. The Bertz CT molecular complexity index is 481. The first kappa shape index (κ1) is 23.4. The van der Waals surface area contributed by atoms with E-state index in [9.17, 15) is 22.0 Å². The van der Waals surface area contributed by atoms with E-state index in [2.05, 4.69) is 5.10 Å². The quantitative estimate of drug-likeness (QED) is 0.191. The monoisotopic (exact) mass is 471 g/mol. The van der Waals surface area contributed by atoms with Gasteiger partial charge in [0.2, 0.25) is 8.25 Å². The first-order chi connectivity index (χ1) is 11.2. The van der Waals surface area contributed by atoms with Gasteiger partial charge >= 0.3 is 12.1 Å². The Balaban J connectivity index is 3.16. The molecule has 1 unspecified atom stereocenters. The molecule has 13 heteroatoms. The lowest BCUT2D eigenvalue weighted by Gasteiger charge is -2.43. The van der Waals surface area contributed by atoms with E-state index in [1.54, 1.807) is 0 Å². The molecule has 0 aliphatic carbocycles. The number of halogens is 10. The molecule has 3 nitrogen and oxygen atoms in total. The summed E-state index contributed by atoms with van der Waals surface area (Å²) >= 11 is 28.2. The van der Waals surface area contributed by atoms with E-state index in [0.717, 1.165) is 12.8 Å². The highest BCUT2D eigenvalue weighted by molar-refractivity contribution is 6.75. The van der Waals surface area contributed by atoms with Crippen molar-refractivity contribution in [2.75, 3.05) is 6.54 Å². The van der Waals surface area contributed by atoms with Crippen LogP contribution in [0.5, 0.6) is 0 Å². The maximum absolute atomic E-state index is 14.1. The van der Waals surface area contributed by atoms with Crippen LogP contribution in [-0.2, 0) is 0 Å². The summed E-state index contributed by atoms with van der Waals surface area (Å²) in [5.41, 5.74) is 0. The zero-order chi connectivity index (χ0) is 19.7. The molecule has 1 aliphatic heterocycles. The standard InChI is InChI=1S/C12H15Cl5F5N3/c1-2-3-4-5-6-25-8(9(18,19)12(20,21)22)24(7-23-25)11(16,17)10(13,14)15/h7-8H,2-6H2,1H3. The molecule has 0 bridgehead atoms. The van der Waals surface area contributed by atoms with Crippen LogP contribution in [0.15, 0.2) is 5.10 Å². The molecule has 0 N–H and O–H groups in total. The molecular weight excluding hydrogens is 458 g/mol. The summed E-state index contributed by atoms with van der Waals surface area (Å²) < 4.78 is 61.6. The zero-order valence-corrected chi connectivity index (χ0v) is 16.6. The molecular formula is C12H15Cl5F5N3. The topological polar surface area (TPSA) is 18.8 Å². The molecule has 0 spiro atoms. The van der Waals surface area contributed by atoms with Crippen molar-refractivity contribution in [2.45, 2.75) is 59.1 Å². The SMILES string of the molecule is CCCCCCN1N=CN(C(Cl)(Cl)C(Cl)(Cl)Cl)C1C(F)(F)C(F)(F)F. The molecule has 1 aliphatic rings. The first-order valence-corrected chi connectivity index (χ1v) is 9.05. The second-order valence-electron chi connectivity index (χ2n) is 5.40. The van der Waals surface area contributed by atoms with Gasteiger partial charge in [0.15, 0.2) is 6.17 Å². The molecule has 148 valence electrons. The van der Waals surface area contributed by atoms with E-state index >= 15 is 0 Å². The van der Waals surface area contributed by atoms with Crippen molar-refractivity contribution >= 4 is 64.3 Å². The summed E-state index contributed by atoms with van der Waals surface area (Å²) in [6.45, 7) is 1.75. The maximum Gasteiger partial charge on any atom is 0.457 e. The van der Waals surface area contributed by atoms with Crippen molar-refractivity contribution in [1.82, 2.24) is 9.91 Å². The molecule has 0 amide bonds. The predicted molar refractivity (Wildman–Crippen MR) is 90.7 cm³/mol. The second-order valence-corrected chi connectivity index (χ2v) is 8.96. The fourth-order valence-corrected chi connectivity index (χ4v) is 2.72.